The third kappa shape index (κ3) is 4.47. The number of imidazole rings is 1. The normalized spacial score (nSPS) is 11.3. The molecule has 33 heavy (non-hydrogen) atoms. The van der Waals surface area contributed by atoms with E-state index in [4.69, 9.17) is 9.72 Å². The lowest BCUT2D eigenvalue weighted by atomic mass is 10.1. The summed E-state index contributed by atoms with van der Waals surface area (Å²) in [7, 11) is 0. The molecule has 3 N–H and O–H groups in total. The number of hydrogen-bond acceptors (Lipinski definition) is 6. The smallest absolute Gasteiger partial charge is 0.259 e. The van der Waals surface area contributed by atoms with Crippen LogP contribution in [0.5, 0.6) is 5.75 Å². The van der Waals surface area contributed by atoms with Crippen molar-refractivity contribution in [3.63, 3.8) is 0 Å². The zero-order valence-electron chi connectivity index (χ0n) is 18.3. The Bertz CT molecular complexity index is 1460. The van der Waals surface area contributed by atoms with Gasteiger partial charge in [-0.05, 0) is 53.9 Å². The summed E-state index contributed by atoms with van der Waals surface area (Å²) in [6.07, 6.45) is 6.06. The van der Waals surface area contributed by atoms with E-state index in [2.05, 4.69) is 32.2 Å². The first-order valence-corrected chi connectivity index (χ1v) is 10.9. The third-order valence-electron chi connectivity index (χ3n) is 5.41. The van der Waals surface area contributed by atoms with Gasteiger partial charge in [-0.15, -0.1) is 0 Å². The number of benzene rings is 2. The number of pyridine rings is 1. The molecule has 0 spiro atoms. The maximum Gasteiger partial charge on any atom is 0.259 e. The maximum atomic E-state index is 12.9. The summed E-state index contributed by atoms with van der Waals surface area (Å²) in [5.74, 6) is 1.17. The van der Waals surface area contributed by atoms with Crippen LogP contribution in [0.2, 0.25) is 0 Å². The molecule has 0 aliphatic carbocycles. The van der Waals surface area contributed by atoms with Crippen molar-refractivity contribution in [1.82, 2.24) is 30.2 Å². The number of nitrogens with one attached hydrogen (secondary N) is 3. The molecule has 166 valence electrons. The second-order valence-electron chi connectivity index (χ2n) is 7.84. The van der Waals surface area contributed by atoms with Crippen molar-refractivity contribution >= 4 is 21.9 Å². The van der Waals surface area contributed by atoms with E-state index < -0.39 is 0 Å². The molecule has 0 amide bonds. The summed E-state index contributed by atoms with van der Waals surface area (Å²) in [5.41, 5.74) is 4.95. The van der Waals surface area contributed by atoms with Crippen LogP contribution in [-0.4, -0.2) is 31.5 Å². The van der Waals surface area contributed by atoms with E-state index in [1.54, 1.807) is 24.8 Å². The Labute approximate surface area is 190 Å². The van der Waals surface area contributed by atoms with Gasteiger partial charge < -0.3 is 20.0 Å². The van der Waals surface area contributed by atoms with E-state index in [0.717, 1.165) is 35.1 Å². The standard InChI is InChI=1S/C25H24N6O2/c1-2-9-33-23-4-3-17(14-27-13-16-5-7-26-8-6-16)10-19(23)24-30-20-12-22-21(28-15-29-22)11-18(20)25(32)31-24/h3-8,10-12,15,27H,2,9,13-14H2,1H3,(H,28,29)(H,30,31,32). The predicted octanol–water partition coefficient (Wildman–Crippen LogP) is 3.94. The van der Waals surface area contributed by atoms with E-state index in [1.165, 1.54) is 5.56 Å². The molecule has 0 aliphatic heterocycles. The maximum absolute atomic E-state index is 12.9. The van der Waals surface area contributed by atoms with Crippen LogP contribution in [0.25, 0.3) is 33.3 Å². The number of rotatable bonds is 8. The van der Waals surface area contributed by atoms with Crippen LogP contribution in [0.3, 0.4) is 0 Å². The minimum Gasteiger partial charge on any atom is -0.493 e. The molecule has 8 heteroatoms. The number of hydrogen-bond donors (Lipinski definition) is 3. The van der Waals surface area contributed by atoms with E-state index >= 15 is 0 Å². The molecular weight excluding hydrogens is 416 g/mol. The zero-order valence-corrected chi connectivity index (χ0v) is 18.3. The van der Waals surface area contributed by atoms with Gasteiger partial charge in [0.05, 0.1) is 40.4 Å². The summed E-state index contributed by atoms with van der Waals surface area (Å²) in [5, 5.41) is 3.96. The summed E-state index contributed by atoms with van der Waals surface area (Å²) < 4.78 is 5.97. The molecule has 0 fully saturated rings. The van der Waals surface area contributed by atoms with Crippen molar-refractivity contribution < 1.29 is 4.74 Å². The first kappa shape index (κ1) is 20.8. The summed E-state index contributed by atoms with van der Waals surface area (Å²) in [4.78, 5) is 32.0. The monoisotopic (exact) mass is 440 g/mol. The number of aromatic nitrogens is 5. The van der Waals surface area contributed by atoms with Crippen LogP contribution in [-0.2, 0) is 13.1 Å². The highest BCUT2D eigenvalue weighted by molar-refractivity contribution is 5.93. The lowest BCUT2D eigenvalue weighted by Crippen LogP contribution is -2.13. The Kier molecular flexibility index (Phi) is 5.82. The number of ether oxygens (including phenoxy) is 1. The van der Waals surface area contributed by atoms with E-state index in [9.17, 15) is 4.79 Å². The van der Waals surface area contributed by atoms with Gasteiger partial charge in [0.15, 0.2) is 0 Å². The Morgan fingerprint density at radius 3 is 2.70 bits per heavy atom. The number of fused-ring (bicyclic) bond motifs is 2. The molecule has 5 aromatic rings. The van der Waals surface area contributed by atoms with Crippen molar-refractivity contribution in [1.29, 1.82) is 0 Å². The SMILES string of the molecule is CCCOc1ccc(CNCc2ccncc2)cc1-c1nc2cc3nc[nH]c3cc2c(=O)[nH]1. The van der Waals surface area contributed by atoms with Gasteiger partial charge in [-0.2, -0.15) is 0 Å². The molecule has 3 heterocycles. The van der Waals surface area contributed by atoms with Crippen LogP contribution >= 0.6 is 0 Å². The van der Waals surface area contributed by atoms with E-state index in [1.807, 2.05) is 36.4 Å². The Morgan fingerprint density at radius 1 is 1.00 bits per heavy atom. The molecule has 2 aromatic carbocycles. The summed E-state index contributed by atoms with van der Waals surface area (Å²) in [6, 6.07) is 13.6. The van der Waals surface area contributed by atoms with Crippen LogP contribution in [0.4, 0.5) is 0 Å². The molecule has 0 atom stereocenters. The first-order chi connectivity index (χ1) is 16.2. The largest absolute Gasteiger partial charge is 0.493 e. The highest BCUT2D eigenvalue weighted by Gasteiger charge is 2.14. The van der Waals surface area contributed by atoms with Gasteiger partial charge in [-0.1, -0.05) is 13.0 Å². The van der Waals surface area contributed by atoms with Crippen LogP contribution in [0, 0.1) is 0 Å². The molecule has 0 radical (unpaired) electrons. The lowest BCUT2D eigenvalue weighted by Gasteiger charge is -2.13. The highest BCUT2D eigenvalue weighted by Crippen LogP contribution is 2.30. The van der Waals surface area contributed by atoms with Crippen molar-refractivity contribution in [2.24, 2.45) is 0 Å². The zero-order chi connectivity index (χ0) is 22.6. The molecular formula is C25H24N6O2. The Morgan fingerprint density at radius 2 is 1.85 bits per heavy atom. The van der Waals surface area contributed by atoms with Crippen molar-refractivity contribution in [3.05, 3.63) is 82.7 Å². The van der Waals surface area contributed by atoms with Gasteiger partial charge in [0, 0.05) is 25.5 Å². The van der Waals surface area contributed by atoms with E-state index in [-0.39, 0.29) is 5.56 Å². The van der Waals surface area contributed by atoms with Crippen molar-refractivity contribution in [3.8, 4) is 17.1 Å². The molecule has 3 aromatic heterocycles. The first-order valence-electron chi connectivity index (χ1n) is 10.9. The lowest BCUT2D eigenvalue weighted by molar-refractivity contribution is 0.318. The van der Waals surface area contributed by atoms with Gasteiger partial charge in [-0.25, -0.2) is 9.97 Å². The van der Waals surface area contributed by atoms with Crippen molar-refractivity contribution in [2.45, 2.75) is 26.4 Å². The number of aromatic amines is 2. The van der Waals surface area contributed by atoms with Gasteiger partial charge in [0.25, 0.3) is 5.56 Å². The summed E-state index contributed by atoms with van der Waals surface area (Å²) >= 11 is 0. The predicted molar refractivity (Wildman–Crippen MR) is 128 cm³/mol. The fourth-order valence-electron chi connectivity index (χ4n) is 3.76. The van der Waals surface area contributed by atoms with Gasteiger partial charge in [0.2, 0.25) is 0 Å². The Hall–Kier alpha value is -4.04. The molecule has 0 bridgehead atoms. The van der Waals surface area contributed by atoms with Crippen LogP contribution in [0.1, 0.15) is 24.5 Å². The molecule has 0 unspecified atom stereocenters. The van der Waals surface area contributed by atoms with Crippen LogP contribution in [0.15, 0.2) is 66.0 Å². The van der Waals surface area contributed by atoms with E-state index in [0.29, 0.717) is 35.6 Å². The second-order valence-corrected chi connectivity index (χ2v) is 7.84. The quantitative estimate of drug-likeness (QED) is 0.337. The molecule has 0 saturated carbocycles. The topological polar surface area (TPSA) is 109 Å². The van der Waals surface area contributed by atoms with Gasteiger partial charge in [0.1, 0.15) is 11.6 Å². The number of nitrogens with zero attached hydrogens (tertiary/aromatic N) is 3. The highest BCUT2D eigenvalue weighted by atomic mass is 16.5. The summed E-state index contributed by atoms with van der Waals surface area (Å²) in [6.45, 7) is 4.03. The Balaban J connectivity index is 1.50. The van der Waals surface area contributed by atoms with Gasteiger partial charge >= 0.3 is 0 Å². The molecule has 0 saturated heterocycles. The number of H-pyrrole nitrogens is 2. The average Bonchev–Trinajstić information content (AvgIpc) is 3.30. The fourth-order valence-corrected chi connectivity index (χ4v) is 3.76. The van der Waals surface area contributed by atoms with Crippen LogP contribution < -0.4 is 15.6 Å². The minimum atomic E-state index is -0.200. The second kappa shape index (κ2) is 9.22. The van der Waals surface area contributed by atoms with Crippen molar-refractivity contribution in [2.75, 3.05) is 6.61 Å². The van der Waals surface area contributed by atoms with Gasteiger partial charge in [-0.3, -0.25) is 9.78 Å². The minimum absolute atomic E-state index is 0.200. The average molecular weight is 441 g/mol. The molecule has 5 rings (SSSR count). The third-order valence-corrected chi connectivity index (χ3v) is 5.41. The molecule has 0 aliphatic rings. The fraction of sp³-hybridized carbons (Fsp3) is 0.200. The molecule has 8 nitrogen and oxygen atoms in total.